The molecule has 11 heteroatoms. The van der Waals surface area contributed by atoms with Crippen LogP contribution < -0.4 is 14.5 Å². The monoisotopic (exact) mass is 576 g/mol. The van der Waals surface area contributed by atoms with Crippen LogP contribution in [0.5, 0.6) is 5.75 Å². The Kier molecular flexibility index (Phi) is 6.66. The predicted octanol–water partition coefficient (Wildman–Crippen LogP) is 6.37. The van der Waals surface area contributed by atoms with Crippen LogP contribution in [0.3, 0.4) is 0 Å². The summed E-state index contributed by atoms with van der Waals surface area (Å²) in [6, 6.07) is 13.5. The van der Waals surface area contributed by atoms with E-state index in [1.165, 1.54) is 18.2 Å². The van der Waals surface area contributed by atoms with E-state index in [9.17, 15) is 19.2 Å². The minimum Gasteiger partial charge on any atom is -0.426 e. The van der Waals surface area contributed by atoms with Crippen LogP contribution in [0.1, 0.15) is 32.7 Å². The Morgan fingerprint density at radius 3 is 2.03 bits per heavy atom. The number of ether oxygens (including phenoxy) is 1. The molecule has 3 amide bonds. The molecule has 0 N–H and O–H groups in total. The number of nitrogens with zero attached hydrogens (tertiary/aromatic N) is 2. The molecule has 0 radical (unpaired) electrons. The Morgan fingerprint density at radius 2 is 1.46 bits per heavy atom. The van der Waals surface area contributed by atoms with Crippen LogP contribution in [0, 0.1) is 12.8 Å². The van der Waals surface area contributed by atoms with Gasteiger partial charge in [0.2, 0.25) is 5.91 Å². The zero-order valence-electron chi connectivity index (χ0n) is 19.1. The van der Waals surface area contributed by atoms with Crippen molar-refractivity contribution in [2.75, 3.05) is 16.3 Å². The number of hydrogen-bond acceptors (Lipinski definition) is 5. The van der Waals surface area contributed by atoms with Gasteiger partial charge in [0.15, 0.2) is 0 Å². The van der Waals surface area contributed by atoms with E-state index >= 15 is 0 Å². The fourth-order valence-electron chi connectivity index (χ4n) is 4.43. The largest absolute Gasteiger partial charge is 0.426 e. The van der Waals surface area contributed by atoms with Crippen molar-refractivity contribution in [2.24, 2.45) is 5.92 Å². The number of rotatable bonds is 4. The highest BCUT2D eigenvalue weighted by atomic mass is 35.5. The average molecular weight is 578 g/mol. The lowest BCUT2D eigenvalue weighted by atomic mass is 10.1. The summed E-state index contributed by atoms with van der Waals surface area (Å²) in [6.07, 6.45) is 0.0342. The molecule has 37 heavy (non-hydrogen) atoms. The van der Waals surface area contributed by atoms with Crippen LogP contribution in [0.25, 0.3) is 0 Å². The normalized spacial score (nSPS) is 17.0. The van der Waals surface area contributed by atoms with Crippen LogP contribution in [-0.2, 0) is 9.59 Å². The molecule has 1 saturated heterocycles. The van der Waals surface area contributed by atoms with Gasteiger partial charge in [-0.2, -0.15) is 0 Å². The van der Waals surface area contributed by atoms with E-state index in [2.05, 4.69) is 0 Å². The molecule has 1 atom stereocenters. The zero-order chi connectivity index (χ0) is 26.6. The molecule has 2 aliphatic heterocycles. The zero-order valence-corrected chi connectivity index (χ0v) is 22.1. The van der Waals surface area contributed by atoms with E-state index in [-0.39, 0.29) is 61.5 Å². The third-order valence-electron chi connectivity index (χ3n) is 6.25. The third kappa shape index (κ3) is 4.26. The topological polar surface area (TPSA) is 84.0 Å². The van der Waals surface area contributed by atoms with Crippen molar-refractivity contribution in [3.05, 3.63) is 85.3 Å². The van der Waals surface area contributed by atoms with Gasteiger partial charge >= 0.3 is 5.97 Å². The minimum absolute atomic E-state index is 0.0342. The molecular formula is C26H16Cl4N2O5. The highest BCUT2D eigenvalue weighted by Crippen LogP contribution is 2.46. The van der Waals surface area contributed by atoms with Crippen LogP contribution in [0.4, 0.5) is 11.4 Å². The Balaban J connectivity index is 1.36. The first-order chi connectivity index (χ1) is 17.6. The van der Waals surface area contributed by atoms with Crippen molar-refractivity contribution in [3.8, 4) is 5.75 Å². The summed E-state index contributed by atoms with van der Waals surface area (Å²) in [7, 11) is 0. The summed E-state index contributed by atoms with van der Waals surface area (Å²) in [5, 5.41) is -0.563. The molecule has 2 heterocycles. The fraction of sp³-hybridized carbons (Fsp3) is 0.154. The number of aryl methyl sites for hydroxylation is 1. The minimum atomic E-state index is -0.705. The van der Waals surface area contributed by atoms with Crippen LogP contribution >= 0.6 is 46.4 Å². The number of anilines is 2. The van der Waals surface area contributed by atoms with Gasteiger partial charge in [-0.05, 0) is 42.8 Å². The molecule has 7 nitrogen and oxygen atoms in total. The quantitative estimate of drug-likeness (QED) is 0.118. The van der Waals surface area contributed by atoms with Gasteiger partial charge < -0.3 is 9.64 Å². The number of carbonyl (C=O) groups excluding carboxylic acids is 4. The summed E-state index contributed by atoms with van der Waals surface area (Å²) in [5.74, 6) is -2.56. The summed E-state index contributed by atoms with van der Waals surface area (Å²) >= 11 is 24.6. The maximum absolute atomic E-state index is 13.1. The Hall–Kier alpha value is -3.10. The van der Waals surface area contributed by atoms with E-state index in [1.807, 2.05) is 18.2 Å². The number of carbonyl (C=O) groups is 4. The Morgan fingerprint density at radius 1 is 0.865 bits per heavy atom. The predicted molar refractivity (Wildman–Crippen MR) is 141 cm³/mol. The fourth-order valence-corrected chi connectivity index (χ4v) is 5.45. The van der Waals surface area contributed by atoms with Gasteiger partial charge in [-0.15, -0.1) is 0 Å². The van der Waals surface area contributed by atoms with Crippen LogP contribution in [0.15, 0.2) is 48.5 Å². The van der Waals surface area contributed by atoms with E-state index in [4.69, 9.17) is 51.1 Å². The van der Waals surface area contributed by atoms with Gasteiger partial charge in [0, 0.05) is 18.7 Å². The van der Waals surface area contributed by atoms with Crippen molar-refractivity contribution < 1.29 is 23.9 Å². The molecule has 188 valence electrons. The third-order valence-corrected chi connectivity index (χ3v) is 8.06. The number of hydrogen-bond donors (Lipinski definition) is 0. The molecule has 2 aliphatic rings. The van der Waals surface area contributed by atoms with Gasteiger partial charge in [0.1, 0.15) is 5.75 Å². The summed E-state index contributed by atoms with van der Waals surface area (Å²) in [5.41, 5.74) is 1.17. The molecule has 0 saturated carbocycles. The molecule has 0 bridgehead atoms. The van der Waals surface area contributed by atoms with Crippen LogP contribution in [0.2, 0.25) is 20.1 Å². The molecule has 3 aromatic rings. The van der Waals surface area contributed by atoms with Crippen molar-refractivity contribution >= 4 is 81.5 Å². The lowest BCUT2D eigenvalue weighted by molar-refractivity contribution is -0.139. The first-order valence-electron chi connectivity index (χ1n) is 11.0. The molecule has 0 unspecified atom stereocenters. The molecule has 0 aromatic heterocycles. The highest BCUT2D eigenvalue weighted by Gasteiger charge is 2.43. The number of para-hydroxylation sites is 1. The SMILES string of the molecule is Cc1cc(OC(=O)[C@H]2CC(=O)N(c3ccccc3)C2)ccc1N1C(=O)c2c(Cl)c(Cl)c(Cl)c(Cl)c2C1=O. The van der Waals surface area contributed by atoms with Crippen molar-refractivity contribution in [1.82, 2.24) is 0 Å². The maximum atomic E-state index is 13.1. The highest BCUT2D eigenvalue weighted by molar-refractivity contribution is 6.56. The average Bonchev–Trinajstić information content (AvgIpc) is 3.39. The van der Waals surface area contributed by atoms with Gasteiger partial charge in [-0.3, -0.25) is 19.2 Å². The van der Waals surface area contributed by atoms with Crippen molar-refractivity contribution in [3.63, 3.8) is 0 Å². The second-order valence-electron chi connectivity index (χ2n) is 8.56. The maximum Gasteiger partial charge on any atom is 0.316 e. The van der Waals surface area contributed by atoms with Gasteiger partial charge in [0.05, 0.1) is 42.8 Å². The second-order valence-corrected chi connectivity index (χ2v) is 10.1. The number of halogens is 4. The lowest BCUT2D eigenvalue weighted by Crippen LogP contribution is -2.30. The summed E-state index contributed by atoms with van der Waals surface area (Å²) in [4.78, 5) is 54.0. The van der Waals surface area contributed by atoms with E-state index in [0.29, 0.717) is 11.3 Å². The lowest BCUT2D eigenvalue weighted by Gasteiger charge is -2.18. The number of imide groups is 1. The van der Waals surface area contributed by atoms with Crippen LogP contribution in [-0.4, -0.2) is 30.2 Å². The first kappa shape index (κ1) is 25.5. The number of fused-ring (bicyclic) bond motifs is 1. The van der Waals surface area contributed by atoms with Crippen molar-refractivity contribution in [2.45, 2.75) is 13.3 Å². The molecule has 5 rings (SSSR count). The molecule has 0 aliphatic carbocycles. The van der Waals surface area contributed by atoms with Gasteiger partial charge in [-0.25, -0.2) is 4.90 Å². The smallest absolute Gasteiger partial charge is 0.316 e. The van der Waals surface area contributed by atoms with Gasteiger partial charge in [-0.1, -0.05) is 64.6 Å². The number of amides is 3. The van der Waals surface area contributed by atoms with Gasteiger partial charge in [0.25, 0.3) is 11.8 Å². The van der Waals surface area contributed by atoms with E-state index in [1.54, 1.807) is 24.0 Å². The summed E-state index contributed by atoms with van der Waals surface area (Å²) in [6.45, 7) is 1.86. The first-order valence-corrected chi connectivity index (χ1v) is 12.5. The Bertz CT molecular complexity index is 1460. The molecule has 3 aromatic carbocycles. The molecule has 0 spiro atoms. The Labute approximate surface area is 231 Å². The van der Waals surface area contributed by atoms with E-state index in [0.717, 1.165) is 4.90 Å². The summed E-state index contributed by atoms with van der Waals surface area (Å²) < 4.78 is 5.53. The van der Waals surface area contributed by atoms with E-state index < -0.39 is 23.7 Å². The molecular weight excluding hydrogens is 562 g/mol. The standard InChI is InChI=1S/C26H16Cl4N2O5/c1-12-9-15(37-26(36)13-10-17(33)31(11-13)14-5-3-2-4-6-14)7-8-16(12)32-24(34)18-19(25(32)35)21(28)23(30)22(29)20(18)27/h2-9,13H,10-11H2,1H3/t13-/m0/s1. The van der Waals surface area contributed by atoms with Crippen molar-refractivity contribution in [1.29, 1.82) is 0 Å². The second kappa shape index (κ2) is 9.65. The number of esters is 1. The molecule has 1 fully saturated rings. The number of benzene rings is 3.